The predicted molar refractivity (Wildman–Crippen MR) is 82.5 cm³/mol. The van der Waals surface area contributed by atoms with Gasteiger partial charge in [-0.05, 0) is 55.3 Å². The third kappa shape index (κ3) is 4.77. The van der Waals surface area contributed by atoms with E-state index >= 15 is 0 Å². The second-order valence-corrected chi connectivity index (χ2v) is 5.80. The Hall–Kier alpha value is -1.19. The Bertz CT molecular complexity index is 439. The minimum Gasteiger partial charge on any atom is -0.310 e. The lowest BCUT2D eigenvalue weighted by Gasteiger charge is -2.18. The zero-order chi connectivity index (χ0) is 13.3. The van der Waals surface area contributed by atoms with Gasteiger partial charge < -0.3 is 5.32 Å². The van der Waals surface area contributed by atoms with E-state index in [-0.39, 0.29) is 0 Å². The highest BCUT2D eigenvalue weighted by atomic mass is 32.1. The minimum atomic E-state index is 0.439. The van der Waals surface area contributed by atoms with E-state index in [1.54, 1.807) is 0 Å². The van der Waals surface area contributed by atoms with Crippen molar-refractivity contribution in [2.45, 2.75) is 38.6 Å². The summed E-state index contributed by atoms with van der Waals surface area (Å²) < 4.78 is 0. The molecule has 2 rings (SSSR count). The van der Waals surface area contributed by atoms with Crippen molar-refractivity contribution in [1.29, 1.82) is 0 Å². The first-order chi connectivity index (χ1) is 9.40. The molecule has 0 spiro atoms. The van der Waals surface area contributed by atoms with Crippen molar-refractivity contribution in [3.8, 4) is 0 Å². The van der Waals surface area contributed by atoms with Gasteiger partial charge in [-0.3, -0.25) is 4.98 Å². The Kier molecular flexibility index (Phi) is 6.05. The molecule has 0 aliphatic rings. The number of rotatable bonds is 8. The molecule has 0 saturated heterocycles. The van der Waals surface area contributed by atoms with Gasteiger partial charge in [0.15, 0.2) is 0 Å². The van der Waals surface area contributed by atoms with Crippen molar-refractivity contribution in [2.24, 2.45) is 0 Å². The Balaban J connectivity index is 1.87. The van der Waals surface area contributed by atoms with Crippen LogP contribution in [-0.2, 0) is 6.42 Å². The van der Waals surface area contributed by atoms with Crippen molar-refractivity contribution in [2.75, 3.05) is 6.54 Å². The molecule has 0 bridgehead atoms. The molecule has 1 unspecified atom stereocenters. The normalized spacial score (nSPS) is 12.5. The Morgan fingerprint density at radius 3 is 2.95 bits per heavy atom. The van der Waals surface area contributed by atoms with Gasteiger partial charge in [0.2, 0.25) is 0 Å². The van der Waals surface area contributed by atoms with Gasteiger partial charge in [-0.2, -0.15) is 0 Å². The summed E-state index contributed by atoms with van der Waals surface area (Å²) in [5, 5.41) is 5.79. The number of hydrogen-bond acceptors (Lipinski definition) is 3. The molecular formula is C16H22N2S. The largest absolute Gasteiger partial charge is 0.310 e. The highest BCUT2D eigenvalue weighted by Gasteiger charge is 2.10. The van der Waals surface area contributed by atoms with Crippen LogP contribution in [0, 0.1) is 0 Å². The molecule has 1 atom stereocenters. The quantitative estimate of drug-likeness (QED) is 0.780. The number of thiophene rings is 1. The summed E-state index contributed by atoms with van der Waals surface area (Å²) >= 11 is 1.86. The lowest BCUT2D eigenvalue weighted by molar-refractivity contribution is 0.484. The van der Waals surface area contributed by atoms with Crippen molar-refractivity contribution >= 4 is 11.3 Å². The van der Waals surface area contributed by atoms with Crippen LogP contribution in [-0.4, -0.2) is 11.5 Å². The molecule has 1 N–H and O–H groups in total. The average Bonchev–Trinajstić information content (AvgIpc) is 2.97. The van der Waals surface area contributed by atoms with Gasteiger partial charge in [0.1, 0.15) is 0 Å². The van der Waals surface area contributed by atoms with E-state index in [0.717, 1.165) is 6.54 Å². The van der Waals surface area contributed by atoms with Gasteiger partial charge in [0.25, 0.3) is 0 Å². The number of aryl methyl sites for hydroxylation is 1. The van der Waals surface area contributed by atoms with Crippen LogP contribution < -0.4 is 5.32 Å². The van der Waals surface area contributed by atoms with E-state index in [9.17, 15) is 0 Å². The molecule has 0 saturated carbocycles. The number of nitrogens with one attached hydrogen (secondary N) is 1. The first kappa shape index (κ1) is 14.2. The highest BCUT2D eigenvalue weighted by Crippen LogP contribution is 2.20. The second kappa shape index (κ2) is 8.08. The Labute approximate surface area is 119 Å². The van der Waals surface area contributed by atoms with Crippen LogP contribution in [0.1, 0.15) is 42.7 Å². The molecule has 2 aromatic heterocycles. The van der Waals surface area contributed by atoms with Crippen molar-refractivity contribution in [1.82, 2.24) is 10.3 Å². The SMILES string of the molecule is CCCNC(CCCc1cccs1)c1cccnc1. The molecule has 102 valence electrons. The van der Waals surface area contributed by atoms with Gasteiger partial charge in [-0.25, -0.2) is 0 Å². The molecule has 0 aliphatic heterocycles. The van der Waals surface area contributed by atoms with Crippen LogP contribution in [0.15, 0.2) is 42.0 Å². The minimum absolute atomic E-state index is 0.439. The van der Waals surface area contributed by atoms with E-state index < -0.39 is 0 Å². The Morgan fingerprint density at radius 1 is 1.32 bits per heavy atom. The monoisotopic (exact) mass is 274 g/mol. The molecule has 0 radical (unpaired) electrons. The molecule has 2 nitrogen and oxygen atoms in total. The molecule has 0 amide bonds. The first-order valence-corrected chi connectivity index (χ1v) is 7.94. The number of hydrogen-bond donors (Lipinski definition) is 1. The number of nitrogens with zero attached hydrogens (tertiary/aromatic N) is 1. The van der Waals surface area contributed by atoms with Gasteiger partial charge in [0.05, 0.1) is 0 Å². The van der Waals surface area contributed by atoms with Crippen LogP contribution in [0.5, 0.6) is 0 Å². The van der Waals surface area contributed by atoms with Crippen molar-refractivity contribution in [3.63, 3.8) is 0 Å². The maximum absolute atomic E-state index is 4.23. The molecular weight excluding hydrogens is 252 g/mol. The predicted octanol–water partition coefficient (Wildman–Crippen LogP) is 4.21. The summed E-state index contributed by atoms with van der Waals surface area (Å²) in [6, 6.07) is 8.99. The summed E-state index contributed by atoms with van der Waals surface area (Å²) in [6.07, 6.45) is 8.56. The number of pyridine rings is 1. The molecule has 2 aromatic rings. The van der Waals surface area contributed by atoms with E-state index in [0.29, 0.717) is 6.04 Å². The zero-order valence-electron chi connectivity index (χ0n) is 11.5. The standard InChI is InChI=1S/C16H22N2S/c1-2-10-18-16(14-6-4-11-17-13-14)9-3-7-15-8-5-12-19-15/h4-6,8,11-13,16,18H,2-3,7,9-10H2,1H3. The third-order valence-corrected chi connectivity index (χ3v) is 4.16. The fraction of sp³-hybridized carbons (Fsp3) is 0.438. The van der Waals surface area contributed by atoms with E-state index in [1.165, 1.54) is 36.1 Å². The number of aromatic nitrogens is 1. The topological polar surface area (TPSA) is 24.9 Å². The van der Waals surface area contributed by atoms with Crippen molar-refractivity contribution < 1.29 is 0 Å². The second-order valence-electron chi connectivity index (χ2n) is 4.76. The van der Waals surface area contributed by atoms with E-state index in [1.807, 2.05) is 29.8 Å². The summed E-state index contributed by atoms with van der Waals surface area (Å²) in [5.41, 5.74) is 1.31. The fourth-order valence-corrected chi connectivity index (χ4v) is 2.97. The summed E-state index contributed by atoms with van der Waals surface area (Å²) in [7, 11) is 0. The zero-order valence-corrected chi connectivity index (χ0v) is 12.3. The molecule has 0 fully saturated rings. The highest BCUT2D eigenvalue weighted by molar-refractivity contribution is 7.09. The summed E-state index contributed by atoms with van der Waals surface area (Å²) in [5.74, 6) is 0. The lowest BCUT2D eigenvalue weighted by Crippen LogP contribution is -2.22. The average molecular weight is 274 g/mol. The molecule has 2 heterocycles. The third-order valence-electron chi connectivity index (χ3n) is 3.22. The summed E-state index contributed by atoms with van der Waals surface area (Å²) in [4.78, 5) is 5.72. The maximum atomic E-state index is 4.23. The van der Waals surface area contributed by atoms with E-state index in [2.05, 4.69) is 40.8 Å². The van der Waals surface area contributed by atoms with Crippen LogP contribution in [0.4, 0.5) is 0 Å². The van der Waals surface area contributed by atoms with Gasteiger partial charge >= 0.3 is 0 Å². The molecule has 19 heavy (non-hydrogen) atoms. The fourth-order valence-electron chi connectivity index (χ4n) is 2.22. The lowest BCUT2D eigenvalue weighted by atomic mass is 10.0. The maximum Gasteiger partial charge on any atom is 0.0335 e. The van der Waals surface area contributed by atoms with Gasteiger partial charge in [-0.1, -0.05) is 19.1 Å². The van der Waals surface area contributed by atoms with Crippen LogP contribution in [0.2, 0.25) is 0 Å². The van der Waals surface area contributed by atoms with Gasteiger partial charge in [0, 0.05) is 23.3 Å². The summed E-state index contributed by atoms with van der Waals surface area (Å²) in [6.45, 7) is 3.28. The smallest absolute Gasteiger partial charge is 0.0335 e. The van der Waals surface area contributed by atoms with Gasteiger partial charge in [-0.15, -0.1) is 11.3 Å². The molecule has 0 aliphatic carbocycles. The van der Waals surface area contributed by atoms with E-state index in [4.69, 9.17) is 0 Å². The van der Waals surface area contributed by atoms with Crippen LogP contribution in [0.25, 0.3) is 0 Å². The van der Waals surface area contributed by atoms with Crippen LogP contribution >= 0.6 is 11.3 Å². The molecule has 3 heteroatoms. The van der Waals surface area contributed by atoms with Crippen molar-refractivity contribution in [3.05, 3.63) is 52.5 Å². The van der Waals surface area contributed by atoms with Crippen LogP contribution in [0.3, 0.4) is 0 Å². The molecule has 0 aromatic carbocycles. The first-order valence-electron chi connectivity index (χ1n) is 7.06. The Morgan fingerprint density at radius 2 is 2.26 bits per heavy atom.